The van der Waals surface area contributed by atoms with Crippen LogP contribution in [-0.4, -0.2) is 47.5 Å². The zero-order valence-electron chi connectivity index (χ0n) is 29.9. The summed E-state index contributed by atoms with van der Waals surface area (Å²) in [5.74, 6) is 3.05. The molecule has 1 heterocycles. The molecule has 0 bridgehead atoms. The van der Waals surface area contributed by atoms with Crippen LogP contribution >= 0.6 is 32.7 Å². The third-order valence-corrected chi connectivity index (χ3v) is 7.78. The van der Waals surface area contributed by atoms with Gasteiger partial charge in [0, 0.05) is 54.0 Å². The molecule has 3 unspecified atom stereocenters. The van der Waals surface area contributed by atoms with Crippen molar-refractivity contribution < 1.29 is 32.9 Å². The van der Waals surface area contributed by atoms with Gasteiger partial charge in [0.2, 0.25) is 0 Å². The molecule has 0 saturated carbocycles. The second-order valence-electron chi connectivity index (χ2n) is 11.5. The Labute approximate surface area is 299 Å². The number of hydrogen-bond acceptors (Lipinski definition) is 12. The maximum Gasteiger partial charge on any atom is 0.254 e. The van der Waals surface area contributed by atoms with Crippen molar-refractivity contribution in [1.29, 1.82) is 0 Å². The number of unbranched alkanes of at least 4 members (excludes halogenated alkanes) is 3. The molecule has 1 aromatic carbocycles. The smallest absolute Gasteiger partial charge is 0.254 e. The Balaban J connectivity index is 0.000000856. The maximum absolute atomic E-state index is 11.7. The SMILES string of the molecule is CCCCCCC(C)C(=C=O)NCc1ccc(/C(S)=C(\C)N)cc1.CCOC(COc1cc(C(C(C)=O)C(C)C)on1)OCC.OSP. The lowest BCUT2D eigenvalue weighted by molar-refractivity contribution is -0.153. The van der Waals surface area contributed by atoms with E-state index in [9.17, 15) is 9.59 Å². The fourth-order valence-corrected chi connectivity index (χ4v) is 4.84. The molecule has 4 N–H and O–H groups in total. The van der Waals surface area contributed by atoms with E-state index in [4.69, 9.17) is 29.0 Å². The molecule has 1 aromatic heterocycles. The quantitative estimate of drug-likeness (QED) is 0.0260. The Morgan fingerprint density at radius 2 is 1.71 bits per heavy atom. The van der Waals surface area contributed by atoms with E-state index < -0.39 is 6.29 Å². The maximum atomic E-state index is 11.7. The van der Waals surface area contributed by atoms with E-state index in [0.29, 0.717) is 54.5 Å². The van der Waals surface area contributed by atoms with Crippen molar-refractivity contribution in [2.45, 2.75) is 106 Å². The number of Topliss-reactive ketones (excluding diaryl/α,β-unsaturated/α-hetero) is 1. The number of ketones is 1. The highest BCUT2D eigenvalue weighted by molar-refractivity contribution is 8.40. The van der Waals surface area contributed by atoms with Crippen molar-refractivity contribution in [2.75, 3.05) is 19.8 Å². The summed E-state index contributed by atoms with van der Waals surface area (Å²) in [6.07, 6.45) is 5.47. The van der Waals surface area contributed by atoms with Crippen LogP contribution in [0.4, 0.5) is 0 Å². The Kier molecular flexibility index (Phi) is 26.2. The summed E-state index contributed by atoms with van der Waals surface area (Å²) in [4.78, 5) is 23.7. The van der Waals surface area contributed by atoms with E-state index in [2.05, 4.69) is 51.3 Å². The number of hydrogen-bond donors (Lipinski definition) is 4. The van der Waals surface area contributed by atoms with Crippen LogP contribution in [0.3, 0.4) is 0 Å². The van der Waals surface area contributed by atoms with E-state index in [1.54, 1.807) is 13.0 Å². The number of benzene rings is 1. The minimum atomic E-state index is -0.436. The van der Waals surface area contributed by atoms with Gasteiger partial charge in [-0.3, -0.25) is 4.79 Å². The average Bonchev–Trinajstić information content (AvgIpc) is 3.50. The van der Waals surface area contributed by atoms with Crippen LogP contribution in [0, 0.1) is 11.8 Å². The van der Waals surface area contributed by atoms with Gasteiger partial charge in [-0.1, -0.05) is 77.6 Å². The van der Waals surface area contributed by atoms with Gasteiger partial charge in [-0.25, -0.2) is 4.79 Å². The van der Waals surface area contributed by atoms with Gasteiger partial charge in [-0.05, 0) is 64.8 Å². The molecular formula is C35H58N3O7PS2. The summed E-state index contributed by atoms with van der Waals surface area (Å²) in [5, 5.41) is 7.07. The second-order valence-corrected chi connectivity index (χ2v) is 12.8. The molecule has 0 amide bonds. The summed E-state index contributed by atoms with van der Waals surface area (Å²) in [7, 11) is 2.05. The van der Waals surface area contributed by atoms with Gasteiger partial charge in [-0.2, -0.15) is 0 Å². The molecule has 0 saturated heterocycles. The van der Waals surface area contributed by atoms with Crippen molar-refractivity contribution in [3.63, 3.8) is 0 Å². The topological polar surface area (TPSA) is 146 Å². The molecule has 3 atom stereocenters. The van der Waals surface area contributed by atoms with Crippen molar-refractivity contribution in [2.24, 2.45) is 17.6 Å². The van der Waals surface area contributed by atoms with Crippen molar-refractivity contribution >= 4 is 49.4 Å². The molecule has 0 aliphatic carbocycles. The fourth-order valence-electron chi connectivity index (χ4n) is 4.69. The fraction of sp³-hybridized carbons (Fsp3) is 0.600. The molecule has 0 aliphatic rings. The third kappa shape index (κ3) is 19.0. The third-order valence-electron chi connectivity index (χ3n) is 7.17. The van der Waals surface area contributed by atoms with Crippen LogP contribution in [0.15, 0.2) is 46.2 Å². The molecule has 0 fully saturated rings. The minimum absolute atomic E-state index is 0.0502. The van der Waals surface area contributed by atoms with Crippen LogP contribution in [0.5, 0.6) is 5.88 Å². The molecule has 0 radical (unpaired) electrons. The Morgan fingerprint density at radius 3 is 2.19 bits per heavy atom. The molecule has 0 spiro atoms. The Bertz CT molecular complexity index is 1230. The Morgan fingerprint density at radius 1 is 1.10 bits per heavy atom. The highest BCUT2D eigenvalue weighted by atomic mass is 32.7. The molecule has 0 aliphatic heterocycles. The number of nitrogens with one attached hydrogen (secondary N) is 1. The predicted octanol–water partition coefficient (Wildman–Crippen LogP) is 8.44. The molecular weight excluding hydrogens is 670 g/mol. The number of carbonyl (C=O) groups is 1. The van der Waals surface area contributed by atoms with Crippen LogP contribution in [0.2, 0.25) is 0 Å². The molecule has 2 aromatic rings. The number of thiol groups is 1. The standard InChI is InChI=1S/C20H30N2OS.C15H25NO5.H3OPS/c1-4-5-6-7-8-15(2)19(14-23)22-13-17-9-11-18(12-10-17)20(24)16(3)21;1-6-18-14(19-7-2)9-20-13-8-12(21-16-13)15(10(3)4)11(5)17;1-3-2/h9-12,15,22,24H,4-8,13,21H2,1-3H3;8,10,14-15H,6-7,9H2,1-5H3;1H,2H2/b20-16-;;. The molecule has 10 nitrogen and oxygen atoms in total. The molecule has 272 valence electrons. The van der Waals surface area contributed by atoms with E-state index in [0.717, 1.165) is 28.9 Å². The van der Waals surface area contributed by atoms with E-state index in [-0.39, 0.29) is 30.1 Å². The first-order chi connectivity index (χ1) is 22.9. The van der Waals surface area contributed by atoms with Crippen LogP contribution < -0.4 is 15.8 Å². The van der Waals surface area contributed by atoms with Gasteiger partial charge >= 0.3 is 0 Å². The average molecular weight is 728 g/mol. The number of carbonyl (C=O) groups excluding carboxylic acids is 2. The van der Waals surface area contributed by atoms with Crippen LogP contribution in [0.1, 0.15) is 110 Å². The predicted molar refractivity (Wildman–Crippen MR) is 203 cm³/mol. The van der Waals surface area contributed by atoms with Crippen molar-refractivity contribution in [1.82, 2.24) is 10.5 Å². The van der Waals surface area contributed by atoms with E-state index in [1.807, 2.05) is 58.9 Å². The van der Waals surface area contributed by atoms with Gasteiger partial charge in [0.25, 0.3) is 5.88 Å². The number of ether oxygens (including phenoxy) is 3. The number of nitrogens with two attached hydrogens (primary N) is 1. The molecule has 48 heavy (non-hydrogen) atoms. The second kappa shape index (κ2) is 27.5. The minimum Gasteiger partial charge on any atom is -0.470 e. The zero-order chi connectivity index (χ0) is 36.5. The van der Waals surface area contributed by atoms with Crippen molar-refractivity contribution in [3.8, 4) is 5.88 Å². The van der Waals surface area contributed by atoms with E-state index in [1.165, 1.54) is 19.3 Å². The first kappa shape index (κ1) is 45.7. The van der Waals surface area contributed by atoms with Gasteiger partial charge in [0.1, 0.15) is 18.3 Å². The highest BCUT2D eigenvalue weighted by Gasteiger charge is 2.25. The molecule has 2 rings (SSSR count). The first-order valence-electron chi connectivity index (χ1n) is 16.5. The van der Waals surface area contributed by atoms with Crippen molar-refractivity contribution in [3.05, 3.63) is 58.6 Å². The summed E-state index contributed by atoms with van der Waals surface area (Å²) in [6, 6.07) is 9.69. The summed E-state index contributed by atoms with van der Waals surface area (Å²) in [6.45, 7) is 17.3. The summed E-state index contributed by atoms with van der Waals surface area (Å²) in [5.41, 5.74) is 9.24. The van der Waals surface area contributed by atoms with Gasteiger partial charge < -0.3 is 34.3 Å². The summed E-state index contributed by atoms with van der Waals surface area (Å²) < 4.78 is 28.9. The van der Waals surface area contributed by atoms with Gasteiger partial charge in [0.05, 0.1) is 11.6 Å². The van der Waals surface area contributed by atoms with Crippen LogP contribution in [-0.2, 0) is 25.6 Å². The first-order valence-corrected chi connectivity index (χ1v) is 19.2. The number of nitrogens with zero attached hydrogens (tertiary/aromatic N) is 1. The summed E-state index contributed by atoms with van der Waals surface area (Å²) >= 11 is 5.07. The lowest BCUT2D eigenvalue weighted by Crippen LogP contribution is -2.25. The number of aromatic nitrogens is 1. The van der Waals surface area contributed by atoms with E-state index >= 15 is 0 Å². The monoisotopic (exact) mass is 727 g/mol. The molecule has 13 heteroatoms. The van der Waals surface area contributed by atoms with Crippen LogP contribution in [0.25, 0.3) is 4.91 Å². The normalized spacial score (nSPS) is 12.5. The highest BCUT2D eigenvalue weighted by Crippen LogP contribution is 2.28. The van der Waals surface area contributed by atoms with Gasteiger partial charge in [-0.15, -0.1) is 12.6 Å². The van der Waals surface area contributed by atoms with Gasteiger partial charge in [0.15, 0.2) is 12.1 Å². The largest absolute Gasteiger partial charge is 0.470 e. The number of rotatable bonds is 20. The lowest BCUT2D eigenvalue weighted by atomic mass is 9.90. The lowest BCUT2D eigenvalue weighted by Gasteiger charge is -2.16. The Hall–Kier alpha value is -2.30. The number of allylic oxidation sites excluding steroid dienone is 2. The zero-order valence-corrected chi connectivity index (χ0v) is 32.8.